The smallest absolute Gasteiger partial charge is 0.238 e. The van der Waals surface area contributed by atoms with Crippen molar-refractivity contribution in [2.45, 2.75) is 51.9 Å². The highest BCUT2D eigenvalue weighted by Gasteiger charge is 2.13. The average molecular weight is 318 g/mol. The Morgan fingerprint density at radius 3 is 2.78 bits per heavy atom. The number of nitrogens with one attached hydrogen (secondary N) is 1. The van der Waals surface area contributed by atoms with Gasteiger partial charge in [-0.3, -0.25) is 9.69 Å². The largest absolute Gasteiger partial charge is 0.494 e. The van der Waals surface area contributed by atoms with Gasteiger partial charge in [0, 0.05) is 11.8 Å². The van der Waals surface area contributed by atoms with Crippen LogP contribution in [0, 0.1) is 0 Å². The zero-order valence-electron chi connectivity index (χ0n) is 14.4. The molecule has 1 aliphatic rings. The molecule has 1 saturated heterocycles. The normalized spacial score (nSPS) is 15.3. The van der Waals surface area contributed by atoms with Crippen LogP contribution in [0.2, 0.25) is 0 Å². The Balaban J connectivity index is 1.73. The minimum Gasteiger partial charge on any atom is -0.494 e. The van der Waals surface area contributed by atoms with Gasteiger partial charge in [-0.2, -0.15) is 0 Å². The van der Waals surface area contributed by atoms with Crippen LogP contribution in [0.3, 0.4) is 0 Å². The Bertz CT molecular complexity index is 470. The molecule has 128 valence electrons. The Morgan fingerprint density at radius 1 is 1.17 bits per heavy atom. The number of carbonyl (C=O) groups is 1. The van der Waals surface area contributed by atoms with Gasteiger partial charge in [0.05, 0.1) is 13.2 Å². The fourth-order valence-electron chi connectivity index (χ4n) is 2.90. The molecular formula is C19H30N2O2. The van der Waals surface area contributed by atoms with Gasteiger partial charge >= 0.3 is 0 Å². The van der Waals surface area contributed by atoms with Crippen molar-refractivity contribution in [3.63, 3.8) is 0 Å². The van der Waals surface area contributed by atoms with Crippen LogP contribution in [0.5, 0.6) is 5.75 Å². The third kappa shape index (κ3) is 7.04. The molecular weight excluding hydrogens is 288 g/mol. The monoisotopic (exact) mass is 318 g/mol. The Kier molecular flexibility index (Phi) is 7.95. The number of unbranched alkanes of at least 4 members (excludes halogenated alkanes) is 3. The van der Waals surface area contributed by atoms with Gasteiger partial charge in [-0.05, 0) is 44.5 Å². The molecule has 0 radical (unpaired) electrons. The van der Waals surface area contributed by atoms with Crippen molar-refractivity contribution in [1.82, 2.24) is 4.90 Å². The van der Waals surface area contributed by atoms with Crippen LogP contribution < -0.4 is 10.1 Å². The molecule has 0 aromatic heterocycles. The number of anilines is 1. The molecule has 1 heterocycles. The highest BCUT2D eigenvalue weighted by molar-refractivity contribution is 5.92. The maximum Gasteiger partial charge on any atom is 0.238 e. The third-order valence-corrected chi connectivity index (χ3v) is 4.20. The van der Waals surface area contributed by atoms with Crippen molar-refractivity contribution < 1.29 is 9.53 Å². The lowest BCUT2D eigenvalue weighted by atomic mass is 10.1. The number of carbonyl (C=O) groups excluding carboxylic acids is 1. The first-order chi connectivity index (χ1) is 11.3. The molecule has 0 unspecified atom stereocenters. The highest BCUT2D eigenvalue weighted by Crippen LogP contribution is 2.18. The maximum atomic E-state index is 12.1. The number of amides is 1. The van der Waals surface area contributed by atoms with Crippen LogP contribution in [-0.2, 0) is 4.79 Å². The molecule has 0 aliphatic carbocycles. The minimum atomic E-state index is 0.0620. The summed E-state index contributed by atoms with van der Waals surface area (Å²) in [5, 5.41) is 2.98. The predicted octanol–water partition coefficient (Wildman–Crippen LogP) is 4.07. The van der Waals surface area contributed by atoms with Crippen molar-refractivity contribution in [1.29, 1.82) is 0 Å². The van der Waals surface area contributed by atoms with E-state index in [4.69, 9.17) is 4.74 Å². The van der Waals surface area contributed by atoms with E-state index >= 15 is 0 Å². The number of ether oxygens (including phenoxy) is 1. The second kappa shape index (κ2) is 10.3. The summed E-state index contributed by atoms with van der Waals surface area (Å²) in [5.74, 6) is 0.893. The highest BCUT2D eigenvalue weighted by atomic mass is 16.5. The number of hydrogen-bond acceptors (Lipinski definition) is 3. The quantitative estimate of drug-likeness (QED) is 0.698. The second-order valence-electron chi connectivity index (χ2n) is 6.32. The molecule has 0 spiro atoms. The Labute approximate surface area is 140 Å². The molecule has 1 aromatic rings. The van der Waals surface area contributed by atoms with Gasteiger partial charge in [0.2, 0.25) is 5.91 Å². The lowest BCUT2D eigenvalue weighted by Gasteiger charge is -2.25. The standard InChI is InChI=1S/C19H30N2O2/c1-2-3-4-8-14-23-18-11-9-10-17(15-18)20-19(22)16-21-12-6-5-7-13-21/h9-11,15H,2-8,12-14,16H2,1H3,(H,20,22). The van der Waals surface area contributed by atoms with Gasteiger partial charge in [-0.15, -0.1) is 0 Å². The van der Waals surface area contributed by atoms with Gasteiger partial charge in [0.25, 0.3) is 0 Å². The van der Waals surface area contributed by atoms with E-state index in [1.54, 1.807) is 0 Å². The second-order valence-corrected chi connectivity index (χ2v) is 6.32. The van der Waals surface area contributed by atoms with Crippen LogP contribution in [0.25, 0.3) is 0 Å². The van der Waals surface area contributed by atoms with Crippen molar-refractivity contribution >= 4 is 11.6 Å². The summed E-state index contributed by atoms with van der Waals surface area (Å²) >= 11 is 0. The molecule has 4 heteroatoms. The van der Waals surface area contributed by atoms with E-state index in [-0.39, 0.29) is 5.91 Å². The number of nitrogens with zero attached hydrogens (tertiary/aromatic N) is 1. The van der Waals surface area contributed by atoms with Gasteiger partial charge in [0.1, 0.15) is 5.75 Å². The number of benzene rings is 1. The molecule has 1 fully saturated rings. The molecule has 0 bridgehead atoms. The molecule has 1 aromatic carbocycles. The van der Waals surface area contributed by atoms with Gasteiger partial charge in [0.15, 0.2) is 0 Å². The van der Waals surface area contributed by atoms with E-state index in [1.807, 2.05) is 24.3 Å². The van der Waals surface area contributed by atoms with E-state index in [0.717, 1.165) is 37.6 Å². The maximum absolute atomic E-state index is 12.1. The summed E-state index contributed by atoms with van der Waals surface area (Å²) in [6.45, 7) is 5.51. The first-order valence-electron chi connectivity index (χ1n) is 9.03. The average Bonchev–Trinajstić information content (AvgIpc) is 2.56. The molecule has 4 nitrogen and oxygen atoms in total. The lowest BCUT2D eigenvalue weighted by molar-refractivity contribution is -0.117. The van der Waals surface area contributed by atoms with Crippen molar-refractivity contribution in [2.75, 3.05) is 31.6 Å². The van der Waals surface area contributed by atoms with Crippen molar-refractivity contribution in [3.05, 3.63) is 24.3 Å². The first kappa shape index (κ1) is 17.8. The van der Waals surface area contributed by atoms with Gasteiger partial charge in [-0.25, -0.2) is 0 Å². The molecule has 0 atom stereocenters. The summed E-state index contributed by atoms with van der Waals surface area (Å²) in [7, 11) is 0. The molecule has 0 saturated carbocycles. The van der Waals surface area contributed by atoms with Gasteiger partial charge < -0.3 is 10.1 Å². The van der Waals surface area contributed by atoms with Crippen LogP contribution in [-0.4, -0.2) is 37.0 Å². The van der Waals surface area contributed by atoms with Crippen LogP contribution >= 0.6 is 0 Å². The number of hydrogen-bond donors (Lipinski definition) is 1. The summed E-state index contributed by atoms with van der Waals surface area (Å²) in [6.07, 6.45) is 8.48. The van der Waals surface area contributed by atoms with Gasteiger partial charge in [-0.1, -0.05) is 38.7 Å². The SMILES string of the molecule is CCCCCCOc1cccc(NC(=O)CN2CCCCC2)c1. The van der Waals surface area contributed by atoms with E-state index in [0.29, 0.717) is 6.54 Å². The first-order valence-corrected chi connectivity index (χ1v) is 9.03. The van der Waals surface area contributed by atoms with Crippen molar-refractivity contribution in [2.24, 2.45) is 0 Å². The number of likely N-dealkylation sites (tertiary alicyclic amines) is 1. The van der Waals surface area contributed by atoms with Crippen LogP contribution in [0.15, 0.2) is 24.3 Å². The van der Waals surface area contributed by atoms with Crippen LogP contribution in [0.1, 0.15) is 51.9 Å². The fourth-order valence-corrected chi connectivity index (χ4v) is 2.90. The Hall–Kier alpha value is -1.55. The summed E-state index contributed by atoms with van der Waals surface area (Å²) in [5.41, 5.74) is 0.818. The zero-order valence-corrected chi connectivity index (χ0v) is 14.4. The number of piperidine rings is 1. The number of rotatable bonds is 9. The third-order valence-electron chi connectivity index (χ3n) is 4.20. The van der Waals surface area contributed by atoms with Crippen molar-refractivity contribution in [3.8, 4) is 5.75 Å². The van der Waals surface area contributed by atoms with E-state index in [2.05, 4.69) is 17.1 Å². The molecule has 1 N–H and O–H groups in total. The summed E-state index contributed by atoms with van der Waals surface area (Å²) in [4.78, 5) is 14.4. The lowest BCUT2D eigenvalue weighted by Crippen LogP contribution is -2.36. The fraction of sp³-hybridized carbons (Fsp3) is 0.632. The minimum absolute atomic E-state index is 0.0620. The summed E-state index contributed by atoms with van der Waals surface area (Å²) < 4.78 is 5.76. The van der Waals surface area contributed by atoms with E-state index < -0.39 is 0 Å². The topological polar surface area (TPSA) is 41.6 Å². The molecule has 1 aliphatic heterocycles. The molecule has 1 amide bonds. The molecule has 23 heavy (non-hydrogen) atoms. The van der Waals surface area contributed by atoms with E-state index in [1.165, 1.54) is 38.5 Å². The Morgan fingerprint density at radius 2 is 2.00 bits per heavy atom. The van der Waals surface area contributed by atoms with Crippen LogP contribution in [0.4, 0.5) is 5.69 Å². The zero-order chi connectivity index (χ0) is 16.3. The predicted molar refractivity (Wildman–Crippen MR) is 95.0 cm³/mol. The molecule has 2 rings (SSSR count). The van der Waals surface area contributed by atoms with E-state index in [9.17, 15) is 4.79 Å². The summed E-state index contributed by atoms with van der Waals surface area (Å²) in [6, 6.07) is 7.70.